The molecule has 2 rings (SSSR count). The molecule has 0 bridgehead atoms. The van der Waals surface area contributed by atoms with Crippen LogP contribution in [0.3, 0.4) is 0 Å². The average Bonchev–Trinajstić information content (AvgIpc) is 2.73. The molecule has 1 amide bonds. The average molecular weight is 291 g/mol. The number of phenolic OH excluding ortho intramolecular Hbond substituents is 1. The largest absolute Gasteiger partial charge is 0.508 e. The third-order valence-corrected chi connectivity index (χ3v) is 3.64. The monoisotopic (exact) mass is 291 g/mol. The van der Waals surface area contributed by atoms with E-state index in [1.54, 1.807) is 6.07 Å². The van der Waals surface area contributed by atoms with Crippen LogP contribution in [0.4, 0.5) is 0 Å². The Balaban J connectivity index is 1.76. The summed E-state index contributed by atoms with van der Waals surface area (Å²) in [5.41, 5.74) is 0.234. The van der Waals surface area contributed by atoms with E-state index < -0.39 is 5.97 Å². The number of hydrogen-bond acceptors (Lipinski definition) is 4. The Morgan fingerprint density at radius 2 is 1.90 bits per heavy atom. The molecule has 0 heterocycles. The number of benzene rings is 1. The number of carbonyl (C=O) groups is 2. The van der Waals surface area contributed by atoms with Crippen molar-refractivity contribution in [3.8, 4) is 5.75 Å². The Morgan fingerprint density at radius 1 is 1.19 bits per heavy atom. The highest BCUT2D eigenvalue weighted by molar-refractivity contribution is 5.91. The molecule has 1 aliphatic carbocycles. The molecule has 0 spiro atoms. The molecule has 114 valence electrons. The first-order valence-electron chi connectivity index (χ1n) is 7.40. The van der Waals surface area contributed by atoms with Gasteiger partial charge in [0.05, 0.1) is 5.56 Å². The summed E-state index contributed by atoms with van der Waals surface area (Å²) < 4.78 is 4.96. The molecule has 5 heteroatoms. The quantitative estimate of drug-likeness (QED) is 0.659. The number of ether oxygens (including phenoxy) is 1. The minimum absolute atomic E-state index is 0.00708. The Kier molecular flexibility index (Phi) is 5.60. The number of aromatic hydroxyl groups is 1. The number of phenols is 1. The molecular formula is C16H21NO4. The van der Waals surface area contributed by atoms with Gasteiger partial charge in [0, 0.05) is 6.04 Å². The second kappa shape index (κ2) is 7.67. The zero-order valence-corrected chi connectivity index (χ0v) is 12.0. The predicted octanol–water partition coefficient (Wildman–Crippen LogP) is 2.39. The highest BCUT2D eigenvalue weighted by atomic mass is 16.5. The van der Waals surface area contributed by atoms with Crippen LogP contribution in [0.15, 0.2) is 24.3 Å². The number of carbonyl (C=O) groups excluding carboxylic acids is 2. The van der Waals surface area contributed by atoms with Crippen LogP contribution < -0.4 is 5.32 Å². The standard InChI is InChI=1S/C16H21NO4/c18-14-9-5-6-12(10-14)16(20)21-11-15(19)17-13-7-3-1-2-4-8-13/h5-6,9-10,13,18H,1-4,7-8,11H2,(H,17,19). The van der Waals surface area contributed by atoms with E-state index in [0.717, 1.165) is 25.7 Å². The molecule has 0 aliphatic heterocycles. The molecule has 1 saturated carbocycles. The smallest absolute Gasteiger partial charge is 0.338 e. The van der Waals surface area contributed by atoms with Crippen molar-refractivity contribution in [2.75, 3.05) is 6.61 Å². The van der Waals surface area contributed by atoms with Gasteiger partial charge in [0.25, 0.3) is 5.91 Å². The molecule has 1 fully saturated rings. The highest BCUT2D eigenvalue weighted by Gasteiger charge is 2.16. The highest BCUT2D eigenvalue weighted by Crippen LogP contribution is 2.17. The lowest BCUT2D eigenvalue weighted by Crippen LogP contribution is -2.37. The summed E-state index contributed by atoms with van der Waals surface area (Å²) in [5.74, 6) is -0.885. The van der Waals surface area contributed by atoms with Crippen LogP contribution in [0, 0.1) is 0 Å². The second-order valence-electron chi connectivity index (χ2n) is 5.38. The Hall–Kier alpha value is -2.04. The lowest BCUT2D eigenvalue weighted by Gasteiger charge is -2.16. The number of rotatable bonds is 4. The van der Waals surface area contributed by atoms with Crippen molar-refractivity contribution in [3.63, 3.8) is 0 Å². The maximum atomic E-state index is 11.8. The van der Waals surface area contributed by atoms with E-state index >= 15 is 0 Å². The van der Waals surface area contributed by atoms with E-state index in [-0.39, 0.29) is 29.9 Å². The van der Waals surface area contributed by atoms with Gasteiger partial charge in [0.2, 0.25) is 0 Å². The second-order valence-corrected chi connectivity index (χ2v) is 5.38. The van der Waals surface area contributed by atoms with Gasteiger partial charge in [-0.2, -0.15) is 0 Å². The zero-order chi connectivity index (χ0) is 15.1. The minimum atomic E-state index is -0.609. The first-order valence-corrected chi connectivity index (χ1v) is 7.40. The molecule has 2 N–H and O–H groups in total. The third kappa shape index (κ3) is 5.10. The first kappa shape index (κ1) is 15.4. The van der Waals surface area contributed by atoms with Crippen LogP contribution in [-0.2, 0) is 9.53 Å². The molecule has 21 heavy (non-hydrogen) atoms. The van der Waals surface area contributed by atoms with Crippen LogP contribution in [-0.4, -0.2) is 29.6 Å². The molecule has 0 radical (unpaired) electrons. The molecule has 0 saturated heterocycles. The van der Waals surface area contributed by atoms with Gasteiger partial charge in [-0.3, -0.25) is 4.79 Å². The van der Waals surface area contributed by atoms with Crippen molar-refractivity contribution in [2.24, 2.45) is 0 Å². The van der Waals surface area contributed by atoms with Crippen LogP contribution >= 0.6 is 0 Å². The van der Waals surface area contributed by atoms with Crippen molar-refractivity contribution >= 4 is 11.9 Å². The summed E-state index contributed by atoms with van der Waals surface area (Å²) in [6.45, 7) is -0.287. The van der Waals surface area contributed by atoms with Crippen LogP contribution in [0.2, 0.25) is 0 Å². The van der Waals surface area contributed by atoms with Crippen LogP contribution in [0.5, 0.6) is 5.75 Å². The Labute approximate surface area is 124 Å². The molecule has 0 atom stereocenters. The topological polar surface area (TPSA) is 75.6 Å². The summed E-state index contributed by atoms with van der Waals surface area (Å²) in [5, 5.41) is 12.2. The SMILES string of the molecule is O=C(COC(=O)c1cccc(O)c1)NC1CCCCCC1. The van der Waals surface area contributed by atoms with Crippen LogP contribution in [0.25, 0.3) is 0 Å². The van der Waals surface area contributed by atoms with Gasteiger partial charge in [0.1, 0.15) is 5.75 Å². The molecule has 1 aliphatic rings. The van der Waals surface area contributed by atoms with Crippen molar-refractivity contribution < 1.29 is 19.4 Å². The van der Waals surface area contributed by atoms with E-state index in [1.807, 2.05) is 0 Å². The van der Waals surface area contributed by atoms with Gasteiger partial charge < -0.3 is 15.2 Å². The maximum absolute atomic E-state index is 11.8. The Bertz CT molecular complexity index is 493. The number of nitrogens with one attached hydrogen (secondary N) is 1. The molecule has 0 aromatic heterocycles. The van der Waals surface area contributed by atoms with Gasteiger partial charge in [-0.1, -0.05) is 31.7 Å². The van der Waals surface area contributed by atoms with E-state index in [9.17, 15) is 14.7 Å². The van der Waals surface area contributed by atoms with Crippen molar-refractivity contribution in [1.29, 1.82) is 0 Å². The molecule has 0 unspecified atom stereocenters. The van der Waals surface area contributed by atoms with E-state index in [1.165, 1.54) is 31.0 Å². The van der Waals surface area contributed by atoms with E-state index in [2.05, 4.69) is 5.32 Å². The summed E-state index contributed by atoms with van der Waals surface area (Å²) in [7, 11) is 0. The van der Waals surface area contributed by atoms with Crippen LogP contribution in [0.1, 0.15) is 48.9 Å². The summed E-state index contributed by atoms with van der Waals surface area (Å²) in [6, 6.07) is 6.06. The lowest BCUT2D eigenvalue weighted by molar-refractivity contribution is -0.125. The zero-order valence-electron chi connectivity index (χ0n) is 12.0. The fourth-order valence-corrected chi connectivity index (χ4v) is 2.54. The van der Waals surface area contributed by atoms with E-state index in [4.69, 9.17) is 4.74 Å². The van der Waals surface area contributed by atoms with Crippen molar-refractivity contribution in [2.45, 2.75) is 44.6 Å². The van der Waals surface area contributed by atoms with Crippen molar-refractivity contribution in [3.05, 3.63) is 29.8 Å². The molecule has 1 aromatic rings. The molecule has 1 aromatic carbocycles. The number of esters is 1. The fraction of sp³-hybridized carbons (Fsp3) is 0.500. The minimum Gasteiger partial charge on any atom is -0.508 e. The summed E-state index contributed by atoms with van der Waals surface area (Å²) in [6.07, 6.45) is 6.69. The summed E-state index contributed by atoms with van der Waals surface area (Å²) in [4.78, 5) is 23.5. The maximum Gasteiger partial charge on any atom is 0.338 e. The molecule has 5 nitrogen and oxygen atoms in total. The number of hydrogen-bond donors (Lipinski definition) is 2. The lowest BCUT2D eigenvalue weighted by atomic mass is 10.1. The van der Waals surface area contributed by atoms with E-state index in [0.29, 0.717) is 0 Å². The Morgan fingerprint density at radius 3 is 2.57 bits per heavy atom. The van der Waals surface area contributed by atoms with Gasteiger partial charge >= 0.3 is 5.97 Å². The van der Waals surface area contributed by atoms with Gasteiger partial charge in [-0.05, 0) is 31.0 Å². The van der Waals surface area contributed by atoms with Gasteiger partial charge in [-0.15, -0.1) is 0 Å². The summed E-state index contributed by atoms with van der Waals surface area (Å²) >= 11 is 0. The third-order valence-electron chi connectivity index (χ3n) is 3.64. The van der Waals surface area contributed by atoms with Crippen molar-refractivity contribution in [1.82, 2.24) is 5.32 Å². The van der Waals surface area contributed by atoms with Gasteiger partial charge in [0.15, 0.2) is 6.61 Å². The molecular weight excluding hydrogens is 270 g/mol. The predicted molar refractivity (Wildman–Crippen MR) is 78.0 cm³/mol. The normalized spacial score (nSPS) is 16.0. The fourth-order valence-electron chi connectivity index (χ4n) is 2.54. The first-order chi connectivity index (χ1) is 10.1. The number of amides is 1. The van der Waals surface area contributed by atoms with Gasteiger partial charge in [-0.25, -0.2) is 4.79 Å².